The average Bonchev–Trinajstić information content (AvgIpc) is 2.93. The zero-order valence-corrected chi connectivity index (χ0v) is 13.8. The number of thiazole rings is 1. The molecule has 0 saturated carbocycles. The summed E-state index contributed by atoms with van der Waals surface area (Å²) in [6.45, 7) is 3.61. The van der Waals surface area contributed by atoms with Crippen molar-refractivity contribution in [2.24, 2.45) is 0 Å². The standard InChI is InChI=1S/C15H19N3OS.ClH/c1-11-6-3-4-7-12(11)15-18-13(10-20-15)14(19)17-9-5-8-16-2;/h3-4,6-7,10,16H,5,8-9H2,1-2H3,(H,17,19);1H. The predicted molar refractivity (Wildman–Crippen MR) is 90.4 cm³/mol. The van der Waals surface area contributed by atoms with E-state index in [0.717, 1.165) is 23.5 Å². The Morgan fingerprint density at radius 1 is 1.29 bits per heavy atom. The van der Waals surface area contributed by atoms with Crippen LogP contribution in [0.3, 0.4) is 0 Å². The summed E-state index contributed by atoms with van der Waals surface area (Å²) in [6.07, 6.45) is 0.914. The number of benzene rings is 1. The number of aryl methyl sites for hydroxylation is 1. The summed E-state index contributed by atoms with van der Waals surface area (Å²) >= 11 is 1.50. The van der Waals surface area contributed by atoms with Crippen LogP contribution in [-0.2, 0) is 0 Å². The van der Waals surface area contributed by atoms with Crippen molar-refractivity contribution in [2.45, 2.75) is 13.3 Å². The molecule has 0 aliphatic carbocycles. The van der Waals surface area contributed by atoms with Gasteiger partial charge < -0.3 is 10.6 Å². The van der Waals surface area contributed by atoms with E-state index in [1.165, 1.54) is 16.9 Å². The van der Waals surface area contributed by atoms with Gasteiger partial charge in [-0.15, -0.1) is 23.7 Å². The Labute approximate surface area is 135 Å². The van der Waals surface area contributed by atoms with Gasteiger partial charge in [0.2, 0.25) is 0 Å². The maximum absolute atomic E-state index is 12.0. The number of amides is 1. The number of aromatic nitrogens is 1. The first kappa shape index (κ1) is 17.6. The summed E-state index contributed by atoms with van der Waals surface area (Å²) in [5, 5.41) is 8.63. The van der Waals surface area contributed by atoms with E-state index in [-0.39, 0.29) is 18.3 Å². The zero-order valence-electron chi connectivity index (χ0n) is 12.2. The highest BCUT2D eigenvalue weighted by Crippen LogP contribution is 2.26. The molecule has 2 rings (SSSR count). The lowest BCUT2D eigenvalue weighted by atomic mass is 10.1. The minimum Gasteiger partial charge on any atom is -0.351 e. The van der Waals surface area contributed by atoms with E-state index in [4.69, 9.17) is 0 Å². The van der Waals surface area contributed by atoms with Crippen LogP contribution in [0.4, 0.5) is 0 Å². The van der Waals surface area contributed by atoms with Gasteiger partial charge in [-0.25, -0.2) is 4.98 Å². The van der Waals surface area contributed by atoms with Gasteiger partial charge in [0, 0.05) is 17.5 Å². The Hall–Kier alpha value is -1.43. The Bertz CT molecular complexity index is 586. The van der Waals surface area contributed by atoms with Gasteiger partial charge in [0.15, 0.2) is 0 Å². The van der Waals surface area contributed by atoms with Crippen LogP contribution in [-0.4, -0.2) is 31.0 Å². The molecule has 0 fully saturated rings. The first-order valence-corrected chi connectivity index (χ1v) is 7.54. The van der Waals surface area contributed by atoms with Crippen molar-refractivity contribution in [3.8, 4) is 10.6 Å². The normalized spacial score (nSPS) is 10.0. The number of carbonyl (C=O) groups is 1. The third kappa shape index (κ3) is 4.81. The Kier molecular flexibility index (Phi) is 7.36. The van der Waals surface area contributed by atoms with Crippen LogP contribution in [0.5, 0.6) is 0 Å². The van der Waals surface area contributed by atoms with E-state index in [9.17, 15) is 4.79 Å². The third-order valence-corrected chi connectivity index (χ3v) is 3.88. The third-order valence-electron chi connectivity index (χ3n) is 3.00. The minimum absolute atomic E-state index is 0. The fourth-order valence-corrected chi connectivity index (χ4v) is 2.76. The summed E-state index contributed by atoms with van der Waals surface area (Å²) in [5.74, 6) is -0.0998. The average molecular weight is 326 g/mol. The van der Waals surface area contributed by atoms with Crippen molar-refractivity contribution in [1.29, 1.82) is 0 Å². The summed E-state index contributed by atoms with van der Waals surface area (Å²) in [4.78, 5) is 16.4. The van der Waals surface area contributed by atoms with Crippen molar-refractivity contribution in [2.75, 3.05) is 20.1 Å². The predicted octanol–water partition coefficient (Wildman–Crippen LogP) is 2.88. The van der Waals surface area contributed by atoms with Crippen molar-refractivity contribution >= 4 is 29.7 Å². The summed E-state index contributed by atoms with van der Waals surface area (Å²) in [5.41, 5.74) is 2.76. The van der Waals surface area contributed by atoms with Crippen LogP contribution >= 0.6 is 23.7 Å². The van der Waals surface area contributed by atoms with E-state index >= 15 is 0 Å². The smallest absolute Gasteiger partial charge is 0.270 e. The SMILES string of the molecule is CNCCCNC(=O)c1csc(-c2ccccc2C)n1.Cl. The molecule has 0 saturated heterocycles. The van der Waals surface area contributed by atoms with Gasteiger partial charge in [0.1, 0.15) is 10.7 Å². The lowest BCUT2D eigenvalue weighted by Crippen LogP contribution is -2.26. The van der Waals surface area contributed by atoms with Crippen molar-refractivity contribution in [3.63, 3.8) is 0 Å². The maximum atomic E-state index is 12.0. The molecule has 1 aromatic carbocycles. The number of nitrogens with one attached hydrogen (secondary N) is 2. The van der Waals surface area contributed by atoms with E-state index < -0.39 is 0 Å². The molecule has 0 spiro atoms. The molecule has 21 heavy (non-hydrogen) atoms. The molecule has 0 bridgehead atoms. The summed E-state index contributed by atoms with van der Waals surface area (Å²) in [6, 6.07) is 8.07. The molecule has 1 amide bonds. The van der Waals surface area contributed by atoms with Crippen LogP contribution in [0, 0.1) is 6.92 Å². The molecule has 0 aliphatic rings. The van der Waals surface area contributed by atoms with Gasteiger partial charge in [0.25, 0.3) is 5.91 Å². The molecular weight excluding hydrogens is 306 g/mol. The Morgan fingerprint density at radius 3 is 2.76 bits per heavy atom. The maximum Gasteiger partial charge on any atom is 0.270 e. The second-order valence-corrected chi connectivity index (χ2v) is 5.42. The molecule has 2 N–H and O–H groups in total. The molecular formula is C15H20ClN3OS. The fraction of sp³-hybridized carbons (Fsp3) is 0.333. The molecule has 2 aromatic rings. The second kappa shape index (κ2) is 8.77. The van der Waals surface area contributed by atoms with E-state index in [0.29, 0.717) is 12.2 Å². The summed E-state index contributed by atoms with van der Waals surface area (Å²) in [7, 11) is 1.90. The van der Waals surface area contributed by atoms with Crippen molar-refractivity contribution < 1.29 is 4.79 Å². The summed E-state index contributed by atoms with van der Waals surface area (Å²) < 4.78 is 0. The van der Waals surface area contributed by atoms with Crippen LogP contribution in [0.1, 0.15) is 22.5 Å². The van der Waals surface area contributed by atoms with Gasteiger partial charge >= 0.3 is 0 Å². The zero-order chi connectivity index (χ0) is 14.4. The quantitative estimate of drug-likeness (QED) is 0.803. The number of halogens is 1. The van der Waals surface area contributed by atoms with Gasteiger partial charge in [-0.3, -0.25) is 4.79 Å². The van der Waals surface area contributed by atoms with Gasteiger partial charge in [-0.05, 0) is 32.5 Å². The molecule has 6 heteroatoms. The van der Waals surface area contributed by atoms with Gasteiger partial charge in [-0.1, -0.05) is 24.3 Å². The molecule has 1 heterocycles. The molecule has 0 unspecified atom stereocenters. The highest BCUT2D eigenvalue weighted by atomic mass is 35.5. The largest absolute Gasteiger partial charge is 0.351 e. The first-order valence-electron chi connectivity index (χ1n) is 6.66. The van der Waals surface area contributed by atoms with Gasteiger partial charge in [0.05, 0.1) is 0 Å². The number of nitrogens with zero attached hydrogens (tertiary/aromatic N) is 1. The van der Waals surface area contributed by atoms with E-state index in [2.05, 4.69) is 15.6 Å². The first-order chi connectivity index (χ1) is 9.72. The lowest BCUT2D eigenvalue weighted by molar-refractivity contribution is 0.0949. The molecule has 0 aliphatic heterocycles. The van der Waals surface area contributed by atoms with Crippen LogP contribution in [0.2, 0.25) is 0 Å². The van der Waals surface area contributed by atoms with E-state index in [1.807, 2.05) is 43.6 Å². The molecule has 114 valence electrons. The van der Waals surface area contributed by atoms with Crippen molar-refractivity contribution in [1.82, 2.24) is 15.6 Å². The van der Waals surface area contributed by atoms with Gasteiger partial charge in [-0.2, -0.15) is 0 Å². The second-order valence-electron chi connectivity index (χ2n) is 4.57. The number of hydrogen-bond donors (Lipinski definition) is 2. The molecule has 4 nitrogen and oxygen atoms in total. The number of carbonyl (C=O) groups excluding carboxylic acids is 1. The Balaban J connectivity index is 0.00000220. The molecule has 0 radical (unpaired) electrons. The number of rotatable bonds is 6. The molecule has 0 atom stereocenters. The lowest BCUT2D eigenvalue weighted by Gasteiger charge is -2.02. The fourth-order valence-electron chi connectivity index (χ4n) is 1.87. The topological polar surface area (TPSA) is 54.0 Å². The number of hydrogen-bond acceptors (Lipinski definition) is 4. The van der Waals surface area contributed by atoms with Crippen LogP contribution in [0.25, 0.3) is 10.6 Å². The van der Waals surface area contributed by atoms with Crippen LogP contribution in [0.15, 0.2) is 29.6 Å². The molecule has 1 aromatic heterocycles. The van der Waals surface area contributed by atoms with Crippen molar-refractivity contribution in [3.05, 3.63) is 40.9 Å². The highest BCUT2D eigenvalue weighted by molar-refractivity contribution is 7.13. The Morgan fingerprint density at radius 2 is 2.05 bits per heavy atom. The minimum atomic E-state index is -0.0998. The van der Waals surface area contributed by atoms with Crippen LogP contribution < -0.4 is 10.6 Å². The highest BCUT2D eigenvalue weighted by Gasteiger charge is 2.12. The van der Waals surface area contributed by atoms with E-state index in [1.54, 1.807) is 0 Å². The monoisotopic (exact) mass is 325 g/mol.